The summed E-state index contributed by atoms with van der Waals surface area (Å²) in [6, 6.07) is 0. The van der Waals surface area contributed by atoms with Crippen LogP contribution in [0, 0.1) is 52.3 Å². The molecule has 4 aliphatic rings. The van der Waals surface area contributed by atoms with Crippen molar-refractivity contribution in [1.29, 1.82) is 0 Å². The van der Waals surface area contributed by atoms with E-state index in [0.717, 1.165) is 55.5 Å². The van der Waals surface area contributed by atoms with Crippen molar-refractivity contribution < 1.29 is 23.4 Å². The van der Waals surface area contributed by atoms with Crippen LogP contribution in [0.3, 0.4) is 0 Å². The van der Waals surface area contributed by atoms with Crippen molar-refractivity contribution in [1.82, 2.24) is 4.31 Å². The summed E-state index contributed by atoms with van der Waals surface area (Å²) < 4.78 is 24.4. The van der Waals surface area contributed by atoms with Crippen LogP contribution >= 0.6 is 0 Å². The molecule has 4 aliphatic carbocycles. The summed E-state index contributed by atoms with van der Waals surface area (Å²) >= 11 is 0. The van der Waals surface area contributed by atoms with Crippen molar-refractivity contribution in [2.75, 3.05) is 13.3 Å². The van der Waals surface area contributed by atoms with Gasteiger partial charge in [-0.2, -0.15) is 0 Å². The number of sulfonamides is 1. The van der Waals surface area contributed by atoms with Gasteiger partial charge in [-0.15, -0.1) is 0 Å². The molecule has 2 N–H and O–H groups in total. The lowest BCUT2D eigenvalue weighted by molar-refractivity contribution is -0.203. The minimum atomic E-state index is -3.51. The van der Waals surface area contributed by atoms with Crippen molar-refractivity contribution in [2.45, 2.75) is 104 Å². The summed E-state index contributed by atoms with van der Waals surface area (Å²) in [7, 11) is -2.16. The molecule has 2 unspecified atom stereocenters. The Morgan fingerprint density at radius 1 is 1.03 bits per heavy atom. The first kappa shape index (κ1) is 27.4. The summed E-state index contributed by atoms with van der Waals surface area (Å²) in [6.45, 7) is 9.36. The monoisotopic (exact) mass is 511 g/mol. The highest BCUT2D eigenvalue weighted by atomic mass is 32.2. The summed E-state index contributed by atoms with van der Waals surface area (Å²) in [5.41, 5.74) is 0.362. The number of aliphatic hydroxyl groups excluding tert-OH is 2. The molecule has 35 heavy (non-hydrogen) atoms. The van der Waals surface area contributed by atoms with Gasteiger partial charge < -0.3 is 10.2 Å². The number of hydrogen-bond donors (Lipinski definition) is 2. The second kappa shape index (κ2) is 9.58. The molecular formula is C28H49NO5S. The van der Waals surface area contributed by atoms with Crippen molar-refractivity contribution in [3.05, 3.63) is 0 Å². The van der Waals surface area contributed by atoms with E-state index in [-0.39, 0.29) is 41.3 Å². The van der Waals surface area contributed by atoms with E-state index in [9.17, 15) is 23.4 Å². The van der Waals surface area contributed by atoms with Crippen LogP contribution < -0.4 is 0 Å². The van der Waals surface area contributed by atoms with Gasteiger partial charge in [-0.1, -0.05) is 34.1 Å². The highest BCUT2D eigenvalue weighted by molar-refractivity contribution is 7.88. The van der Waals surface area contributed by atoms with Crippen molar-refractivity contribution in [3.63, 3.8) is 0 Å². The number of rotatable bonds is 6. The van der Waals surface area contributed by atoms with E-state index in [2.05, 4.69) is 27.7 Å². The fraction of sp³-hybridized carbons (Fsp3) is 0.964. The SMILES string of the molecule is CC[C@H]1[C@@H](O)[C@H]2C3CC[C@H]([C@H](C)CCC(=O)N(C)S(C)(=O)=O)[C@@]3(C)CCC2[C@@]2(C)CC[C@@H](O)C[C@@H]12. The Morgan fingerprint density at radius 2 is 1.66 bits per heavy atom. The van der Waals surface area contributed by atoms with E-state index >= 15 is 0 Å². The van der Waals surface area contributed by atoms with Crippen LogP contribution in [0.15, 0.2) is 0 Å². The highest BCUT2D eigenvalue weighted by Crippen LogP contribution is 2.69. The molecule has 0 aromatic carbocycles. The number of hydrogen-bond acceptors (Lipinski definition) is 5. The van der Waals surface area contributed by atoms with Crippen LogP contribution in [0.25, 0.3) is 0 Å². The second-order valence-electron chi connectivity index (χ2n) is 13.3. The van der Waals surface area contributed by atoms with Gasteiger partial charge in [-0.3, -0.25) is 4.79 Å². The average molecular weight is 512 g/mol. The van der Waals surface area contributed by atoms with Gasteiger partial charge >= 0.3 is 0 Å². The molecule has 4 rings (SSSR count). The Hall–Kier alpha value is -0.660. The zero-order chi connectivity index (χ0) is 25.9. The lowest BCUT2D eigenvalue weighted by atomic mass is 9.41. The first-order valence-corrected chi connectivity index (χ1v) is 15.9. The maximum atomic E-state index is 12.5. The fourth-order valence-electron chi connectivity index (χ4n) is 9.83. The van der Waals surface area contributed by atoms with Gasteiger partial charge in [0.2, 0.25) is 15.9 Å². The molecule has 0 spiro atoms. The number of carbonyl (C=O) groups excluding carboxylic acids is 1. The normalized spacial score (nSPS) is 46.3. The van der Waals surface area contributed by atoms with Gasteiger partial charge in [0.25, 0.3) is 0 Å². The molecule has 0 aromatic rings. The third-order valence-corrected chi connectivity index (χ3v) is 13.0. The molecule has 0 aromatic heterocycles. The molecule has 202 valence electrons. The predicted molar refractivity (Wildman–Crippen MR) is 138 cm³/mol. The van der Waals surface area contributed by atoms with Gasteiger partial charge in [-0.05, 0) is 104 Å². The quantitative estimate of drug-likeness (QED) is 0.549. The molecule has 1 amide bonds. The van der Waals surface area contributed by atoms with Crippen LogP contribution in [0.4, 0.5) is 0 Å². The maximum absolute atomic E-state index is 12.5. The van der Waals surface area contributed by atoms with Gasteiger partial charge in [-0.25, -0.2) is 12.7 Å². The molecule has 0 saturated heterocycles. The molecule has 4 saturated carbocycles. The van der Waals surface area contributed by atoms with E-state index in [4.69, 9.17) is 0 Å². The average Bonchev–Trinajstić information content (AvgIpc) is 3.14. The van der Waals surface area contributed by atoms with E-state index in [0.29, 0.717) is 41.9 Å². The van der Waals surface area contributed by atoms with Crippen LogP contribution in [-0.2, 0) is 14.8 Å². The van der Waals surface area contributed by atoms with E-state index in [1.165, 1.54) is 13.5 Å². The molecule has 4 fully saturated rings. The van der Waals surface area contributed by atoms with Gasteiger partial charge in [0.15, 0.2) is 0 Å². The lowest BCUT2D eigenvalue weighted by Crippen LogP contribution is -2.62. The summed E-state index contributed by atoms with van der Waals surface area (Å²) in [4.78, 5) is 12.5. The van der Waals surface area contributed by atoms with Crippen molar-refractivity contribution in [2.24, 2.45) is 52.3 Å². The Balaban J connectivity index is 1.52. The molecule has 11 atom stereocenters. The Morgan fingerprint density at radius 3 is 2.29 bits per heavy atom. The molecule has 6 nitrogen and oxygen atoms in total. The molecule has 0 radical (unpaired) electrons. The third-order valence-electron chi connectivity index (χ3n) is 11.8. The minimum Gasteiger partial charge on any atom is -0.393 e. The summed E-state index contributed by atoms with van der Waals surface area (Å²) in [6.07, 6.45) is 9.88. The standard InChI is InChI=1S/C28H49NO5S/c1-7-19-23-16-18(30)12-14-28(23,4)22-13-15-27(3)20(9-10-21(27)25(22)26(19)32)17(2)8-11-24(31)29(5)35(6,33)34/h17-23,25-26,30,32H,7-16H2,1-6H3/t17-,18-,19-,20-,21?,22?,23+,25+,26-,27-,28-/m1/s1. The summed E-state index contributed by atoms with van der Waals surface area (Å²) in [5, 5.41) is 22.3. The van der Waals surface area contributed by atoms with Gasteiger partial charge in [0.05, 0.1) is 18.5 Å². The Labute approximate surface area is 213 Å². The molecule has 0 bridgehead atoms. The first-order chi connectivity index (χ1) is 16.3. The van der Waals surface area contributed by atoms with Crippen LogP contribution in [0.5, 0.6) is 0 Å². The number of carbonyl (C=O) groups is 1. The maximum Gasteiger partial charge on any atom is 0.235 e. The smallest absolute Gasteiger partial charge is 0.235 e. The fourth-order valence-corrected chi connectivity index (χ4v) is 10.3. The largest absolute Gasteiger partial charge is 0.393 e. The number of amides is 1. The molecule has 0 aliphatic heterocycles. The van der Waals surface area contributed by atoms with Crippen molar-refractivity contribution in [3.8, 4) is 0 Å². The van der Waals surface area contributed by atoms with Crippen molar-refractivity contribution >= 4 is 15.9 Å². The Kier molecular flexibility index (Phi) is 7.49. The Bertz CT molecular complexity index is 907. The molecule has 0 heterocycles. The minimum absolute atomic E-state index is 0.156. The summed E-state index contributed by atoms with van der Waals surface area (Å²) in [5.74, 6) is 2.53. The van der Waals surface area contributed by atoms with Gasteiger partial charge in [0, 0.05) is 13.5 Å². The van der Waals surface area contributed by atoms with Crippen LogP contribution in [0.2, 0.25) is 0 Å². The van der Waals surface area contributed by atoms with E-state index in [1.54, 1.807) is 0 Å². The first-order valence-electron chi connectivity index (χ1n) is 14.1. The third kappa shape index (κ3) is 4.50. The topological polar surface area (TPSA) is 94.9 Å². The number of nitrogens with zero attached hydrogens (tertiary/aromatic N) is 1. The molecular weight excluding hydrogens is 462 g/mol. The zero-order valence-electron chi connectivity index (χ0n) is 22.7. The highest BCUT2D eigenvalue weighted by Gasteiger charge is 2.64. The van der Waals surface area contributed by atoms with Crippen LogP contribution in [-0.4, -0.2) is 54.4 Å². The molecule has 7 heteroatoms. The number of fused-ring (bicyclic) bond motifs is 5. The van der Waals surface area contributed by atoms with Crippen LogP contribution in [0.1, 0.15) is 91.9 Å². The van der Waals surface area contributed by atoms with Gasteiger partial charge in [0.1, 0.15) is 0 Å². The lowest BCUT2D eigenvalue weighted by Gasteiger charge is -2.64. The second-order valence-corrected chi connectivity index (χ2v) is 15.3. The zero-order valence-corrected chi connectivity index (χ0v) is 23.6. The predicted octanol–water partition coefficient (Wildman–Crippen LogP) is 4.45. The number of aliphatic hydroxyl groups is 2. The van der Waals surface area contributed by atoms with E-state index in [1.807, 2.05) is 0 Å². The van der Waals surface area contributed by atoms with E-state index < -0.39 is 10.0 Å².